The van der Waals surface area contributed by atoms with Crippen LogP contribution in [-0.4, -0.2) is 36.4 Å². The molecular formula is C21H27NO2. The third-order valence-corrected chi connectivity index (χ3v) is 4.63. The highest BCUT2D eigenvalue weighted by Crippen LogP contribution is 2.32. The first-order valence-corrected chi connectivity index (χ1v) is 8.88. The molecule has 0 bridgehead atoms. The molecule has 2 aromatic carbocycles. The lowest BCUT2D eigenvalue weighted by Crippen LogP contribution is -2.34. The lowest BCUT2D eigenvalue weighted by molar-refractivity contribution is 0.156. The molecular weight excluding hydrogens is 298 g/mol. The van der Waals surface area contributed by atoms with Gasteiger partial charge in [0.25, 0.3) is 0 Å². The number of likely N-dealkylation sites (N-methyl/N-ethyl adjacent to an activating group) is 1. The molecule has 128 valence electrons. The maximum Gasteiger partial charge on any atom is 0.141 e. The van der Waals surface area contributed by atoms with Crippen molar-refractivity contribution in [2.45, 2.75) is 45.6 Å². The largest absolute Gasteiger partial charge is 0.487 e. The Balaban J connectivity index is 1.73. The van der Waals surface area contributed by atoms with Crippen LogP contribution in [0.25, 0.3) is 0 Å². The Morgan fingerprint density at radius 3 is 2.29 bits per heavy atom. The molecule has 0 amide bonds. The Morgan fingerprint density at radius 1 is 1.00 bits per heavy atom. The molecule has 0 spiro atoms. The summed E-state index contributed by atoms with van der Waals surface area (Å²) in [7, 11) is 0. The normalized spacial score (nSPS) is 20.8. The van der Waals surface area contributed by atoms with E-state index in [1.807, 2.05) is 18.2 Å². The summed E-state index contributed by atoms with van der Waals surface area (Å²) in [6, 6.07) is 18.8. The van der Waals surface area contributed by atoms with E-state index in [9.17, 15) is 0 Å². The Kier molecular flexibility index (Phi) is 5.54. The second-order valence-corrected chi connectivity index (χ2v) is 6.37. The molecule has 3 rings (SSSR count). The molecule has 0 N–H and O–H groups in total. The minimum atomic E-state index is 0.0284. The number of nitrogens with zero attached hydrogens (tertiary/aromatic N) is 1. The van der Waals surface area contributed by atoms with E-state index in [-0.39, 0.29) is 18.4 Å². The molecule has 1 fully saturated rings. The van der Waals surface area contributed by atoms with Gasteiger partial charge in [0.1, 0.15) is 24.2 Å². The molecule has 1 heterocycles. The van der Waals surface area contributed by atoms with Gasteiger partial charge in [-0.2, -0.15) is 0 Å². The lowest BCUT2D eigenvalue weighted by atomic mass is 10.0. The number of epoxide rings is 1. The summed E-state index contributed by atoms with van der Waals surface area (Å²) in [6.07, 6.45) is 1.20. The Hall–Kier alpha value is -1.84. The molecule has 1 saturated heterocycles. The number of aryl methyl sites for hydroxylation is 1. The van der Waals surface area contributed by atoms with Crippen molar-refractivity contribution in [1.29, 1.82) is 0 Å². The Morgan fingerprint density at radius 2 is 1.67 bits per heavy atom. The highest BCUT2D eigenvalue weighted by molar-refractivity contribution is 5.27. The zero-order chi connectivity index (χ0) is 16.9. The molecule has 0 radical (unpaired) electrons. The summed E-state index contributed by atoms with van der Waals surface area (Å²) < 4.78 is 12.3. The van der Waals surface area contributed by atoms with E-state index in [4.69, 9.17) is 9.47 Å². The fraction of sp³-hybridized carbons (Fsp3) is 0.429. The van der Waals surface area contributed by atoms with Crippen LogP contribution in [0.15, 0.2) is 54.6 Å². The van der Waals surface area contributed by atoms with Crippen LogP contribution in [0.1, 0.15) is 25.0 Å². The summed E-state index contributed by atoms with van der Waals surface area (Å²) in [5.41, 5.74) is 2.52. The minimum Gasteiger partial charge on any atom is -0.487 e. The molecule has 3 unspecified atom stereocenters. The van der Waals surface area contributed by atoms with Crippen molar-refractivity contribution in [1.82, 2.24) is 4.90 Å². The molecule has 0 aromatic heterocycles. The van der Waals surface area contributed by atoms with Crippen LogP contribution in [0.5, 0.6) is 5.75 Å². The van der Waals surface area contributed by atoms with Gasteiger partial charge in [-0.25, -0.2) is 0 Å². The molecule has 3 atom stereocenters. The zero-order valence-corrected chi connectivity index (χ0v) is 14.8. The standard InChI is InChI=1S/C21H27NO2/c1-4-22(5-2)21-20(24-21)19(15-17-9-7-6-8-10-17)23-18-13-11-16(3)12-14-18/h6-14,19-21H,4-5,15H2,1-3H3. The molecule has 3 heteroatoms. The monoisotopic (exact) mass is 325 g/mol. The van der Waals surface area contributed by atoms with Crippen LogP contribution in [0.2, 0.25) is 0 Å². The fourth-order valence-corrected chi connectivity index (χ4v) is 3.13. The van der Waals surface area contributed by atoms with Gasteiger partial charge in [0.05, 0.1) is 0 Å². The van der Waals surface area contributed by atoms with Crippen molar-refractivity contribution >= 4 is 0 Å². The Bertz CT molecular complexity index is 622. The average Bonchev–Trinajstić information content (AvgIpc) is 3.39. The van der Waals surface area contributed by atoms with Crippen LogP contribution >= 0.6 is 0 Å². The predicted octanol–water partition coefficient (Wildman–Crippen LogP) is 4.05. The van der Waals surface area contributed by atoms with Crippen molar-refractivity contribution in [3.8, 4) is 5.75 Å². The van der Waals surface area contributed by atoms with Gasteiger partial charge in [-0.3, -0.25) is 4.90 Å². The van der Waals surface area contributed by atoms with Crippen LogP contribution in [0.4, 0.5) is 0 Å². The SMILES string of the molecule is CCN(CC)C1OC1C(Cc1ccccc1)Oc1ccc(C)cc1. The van der Waals surface area contributed by atoms with Gasteiger partial charge < -0.3 is 9.47 Å². The molecule has 1 aliphatic rings. The highest BCUT2D eigenvalue weighted by Gasteiger charge is 2.49. The smallest absolute Gasteiger partial charge is 0.141 e. The van der Waals surface area contributed by atoms with E-state index >= 15 is 0 Å². The summed E-state index contributed by atoms with van der Waals surface area (Å²) in [5, 5.41) is 0. The molecule has 0 saturated carbocycles. The number of ether oxygens (including phenoxy) is 2. The van der Waals surface area contributed by atoms with Gasteiger partial charge in [0.15, 0.2) is 0 Å². The molecule has 24 heavy (non-hydrogen) atoms. The predicted molar refractivity (Wildman–Crippen MR) is 97.3 cm³/mol. The van der Waals surface area contributed by atoms with E-state index in [0.717, 1.165) is 25.3 Å². The molecule has 0 aliphatic carbocycles. The third-order valence-electron chi connectivity index (χ3n) is 4.63. The maximum atomic E-state index is 6.32. The first kappa shape index (κ1) is 17.0. The van der Waals surface area contributed by atoms with Gasteiger partial charge in [0, 0.05) is 6.42 Å². The lowest BCUT2D eigenvalue weighted by Gasteiger charge is -2.20. The van der Waals surface area contributed by atoms with E-state index in [1.54, 1.807) is 0 Å². The zero-order valence-electron chi connectivity index (χ0n) is 14.8. The quantitative estimate of drug-likeness (QED) is 0.685. The first-order chi connectivity index (χ1) is 11.7. The second-order valence-electron chi connectivity index (χ2n) is 6.37. The maximum absolute atomic E-state index is 6.32. The number of benzene rings is 2. The van der Waals surface area contributed by atoms with Gasteiger partial charge in [-0.15, -0.1) is 0 Å². The number of hydrogen-bond acceptors (Lipinski definition) is 3. The van der Waals surface area contributed by atoms with Gasteiger partial charge >= 0.3 is 0 Å². The van der Waals surface area contributed by atoms with E-state index in [0.29, 0.717) is 0 Å². The molecule has 3 nitrogen and oxygen atoms in total. The van der Waals surface area contributed by atoms with Crippen molar-refractivity contribution in [3.05, 3.63) is 65.7 Å². The van der Waals surface area contributed by atoms with E-state index in [1.165, 1.54) is 11.1 Å². The van der Waals surface area contributed by atoms with Gasteiger partial charge in [-0.05, 0) is 37.7 Å². The van der Waals surface area contributed by atoms with Crippen LogP contribution in [0.3, 0.4) is 0 Å². The van der Waals surface area contributed by atoms with Gasteiger partial charge in [-0.1, -0.05) is 61.9 Å². The first-order valence-electron chi connectivity index (χ1n) is 8.88. The van der Waals surface area contributed by atoms with Crippen LogP contribution in [0, 0.1) is 6.92 Å². The van der Waals surface area contributed by atoms with Crippen LogP contribution in [-0.2, 0) is 11.2 Å². The minimum absolute atomic E-state index is 0.0284. The van der Waals surface area contributed by atoms with Crippen molar-refractivity contribution in [2.75, 3.05) is 13.1 Å². The summed E-state index contributed by atoms with van der Waals surface area (Å²) in [6.45, 7) is 8.44. The second kappa shape index (κ2) is 7.82. The van der Waals surface area contributed by atoms with E-state index < -0.39 is 0 Å². The summed E-state index contributed by atoms with van der Waals surface area (Å²) >= 11 is 0. The summed E-state index contributed by atoms with van der Waals surface area (Å²) in [5.74, 6) is 0.912. The fourth-order valence-electron chi connectivity index (χ4n) is 3.13. The van der Waals surface area contributed by atoms with E-state index in [2.05, 4.69) is 62.1 Å². The van der Waals surface area contributed by atoms with Crippen molar-refractivity contribution < 1.29 is 9.47 Å². The molecule has 2 aromatic rings. The van der Waals surface area contributed by atoms with Crippen molar-refractivity contribution in [2.24, 2.45) is 0 Å². The van der Waals surface area contributed by atoms with Gasteiger partial charge in [0.2, 0.25) is 0 Å². The average molecular weight is 325 g/mol. The summed E-state index contributed by atoms with van der Waals surface area (Å²) in [4.78, 5) is 2.35. The third kappa shape index (κ3) is 4.16. The topological polar surface area (TPSA) is 25.0 Å². The number of hydrogen-bond donors (Lipinski definition) is 0. The van der Waals surface area contributed by atoms with Crippen LogP contribution < -0.4 is 4.74 Å². The number of rotatable bonds is 8. The highest BCUT2D eigenvalue weighted by atomic mass is 16.6. The molecule has 1 aliphatic heterocycles. The van der Waals surface area contributed by atoms with Crippen molar-refractivity contribution in [3.63, 3.8) is 0 Å². The Labute approximate surface area is 145 Å².